The summed E-state index contributed by atoms with van der Waals surface area (Å²) >= 11 is 6.75. The normalized spacial score (nSPS) is 10.8. The molecule has 2 aromatic heterocycles. The molecule has 0 aliphatic carbocycles. The molecular weight excluding hydrogens is 392 g/mol. The number of carbonyl (C=O) groups is 1. The first-order valence-electron chi connectivity index (χ1n) is 8.48. The van der Waals surface area contributed by atoms with Gasteiger partial charge in [-0.05, 0) is 62.0 Å². The van der Waals surface area contributed by atoms with E-state index in [1.807, 2.05) is 50.2 Å². The summed E-state index contributed by atoms with van der Waals surface area (Å²) in [6.07, 6.45) is 0. The molecule has 0 radical (unpaired) electrons. The van der Waals surface area contributed by atoms with Crippen LogP contribution in [0.25, 0.3) is 15.5 Å². The van der Waals surface area contributed by atoms with Gasteiger partial charge in [-0.2, -0.15) is 9.61 Å². The van der Waals surface area contributed by atoms with Gasteiger partial charge in [-0.25, -0.2) is 0 Å². The third-order valence-electron chi connectivity index (χ3n) is 4.13. The Morgan fingerprint density at radius 1 is 1.11 bits per heavy atom. The number of rotatable bonds is 3. The predicted molar refractivity (Wildman–Crippen MR) is 114 cm³/mol. The van der Waals surface area contributed by atoms with Crippen LogP contribution < -0.4 is 10.6 Å². The maximum absolute atomic E-state index is 12.2. The lowest BCUT2D eigenvalue weighted by atomic mass is 10.1. The number of fused-ring (bicyclic) bond motifs is 1. The Hall–Kier alpha value is -3.17. The summed E-state index contributed by atoms with van der Waals surface area (Å²) in [6, 6.07) is 14.8. The summed E-state index contributed by atoms with van der Waals surface area (Å²) in [5.41, 5.74) is 3.34. The lowest BCUT2D eigenvalue weighted by molar-refractivity contribution is 0.0977. The highest BCUT2D eigenvalue weighted by Crippen LogP contribution is 2.28. The molecule has 0 spiro atoms. The number of nitrogens with zero attached hydrogens (tertiary/aromatic N) is 4. The molecule has 0 aliphatic rings. The molecule has 0 atom stereocenters. The monoisotopic (exact) mass is 408 g/mol. The van der Waals surface area contributed by atoms with Gasteiger partial charge in [0.1, 0.15) is 5.01 Å². The number of hydrogen-bond donors (Lipinski definition) is 2. The Balaban J connectivity index is 1.48. The molecule has 4 aromatic rings. The topological polar surface area (TPSA) is 84.2 Å². The van der Waals surface area contributed by atoms with Crippen molar-refractivity contribution in [2.45, 2.75) is 13.8 Å². The summed E-state index contributed by atoms with van der Waals surface area (Å²) in [4.78, 5) is 13.0. The van der Waals surface area contributed by atoms with E-state index in [1.165, 1.54) is 11.3 Å². The van der Waals surface area contributed by atoms with Crippen molar-refractivity contribution in [3.05, 3.63) is 65.5 Å². The number of thiocarbonyl (C=S) groups is 1. The smallest absolute Gasteiger partial charge is 0.257 e. The van der Waals surface area contributed by atoms with E-state index in [9.17, 15) is 4.79 Å². The number of aryl methyl sites for hydroxylation is 2. The minimum absolute atomic E-state index is 0.248. The average molecular weight is 409 g/mol. The maximum Gasteiger partial charge on any atom is 0.257 e. The summed E-state index contributed by atoms with van der Waals surface area (Å²) in [5.74, 6) is 0.509. The number of anilines is 1. The molecule has 0 saturated carbocycles. The number of hydrogen-bond acceptors (Lipinski definition) is 6. The lowest BCUT2D eigenvalue weighted by Gasteiger charge is -2.12. The van der Waals surface area contributed by atoms with E-state index in [0.717, 1.165) is 32.6 Å². The SMILES string of the molecule is Cc1cc(-c2nn3c(C)nnc3s2)ccc1NC(=S)NC(=O)c1ccccc1. The molecule has 2 aromatic carbocycles. The summed E-state index contributed by atoms with van der Waals surface area (Å²) < 4.78 is 1.73. The zero-order valence-electron chi connectivity index (χ0n) is 15.1. The summed E-state index contributed by atoms with van der Waals surface area (Å²) in [6.45, 7) is 3.84. The zero-order valence-corrected chi connectivity index (χ0v) is 16.8. The van der Waals surface area contributed by atoms with Gasteiger partial charge in [0.05, 0.1) is 0 Å². The first kappa shape index (κ1) is 18.2. The first-order valence-corrected chi connectivity index (χ1v) is 9.71. The Morgan fingerprint density at radius 3 is 2.61 bits per heavy atom. The van der Waals surface area contributed by atoms with Gasteiger partial charge >= 0.3 is 0 Å². The Labute approximate surface area is 170 Å². The highest BCUT2D eigenvalue weighted by molar-refractivity contribution is 7.80. The van der Waals surface area contributed by atoms with Crippen LogP contribution in [0.5, 0.6) is 0 Å². The van der Waals surface area contributed by atoms with Crippen molar-refractivity contribution >= 4 is 45.2 Å². The summed E-state index contributed by atoms with van der Waals surface area (Å²) in [5, 5.41) is 19.5. The fraction of sp³-hybridized carbons (Fsp3) is 0.105. The number of nitrogens with one attached hydrogen (secondary N) is 2. The highest BCUT2D eigenvalue weighted by atomic mass is 32.1. The van der Waals surface area contributed by atoms with Gasteiger partial charge in [0, 0.05) is 16.8 Å². The second kappa shape index (κ2) is 7.45. The van der Waals surface area contributed by atoms with E-state index in [4.69, 9.17) is 12.2 Å². The van der Waals surface area contributed by atoms with E-state index in [1.54, 1.807) is 16.6 Å². The molecule has 140 valence electrons. The van der Waals surface area contributed by atoms with Crippen LogP contribution in [0.1, 0.15) is 21.7 Å². The number of benzene rings is 2. The van der Waals surface area contributed by atoms with Crippen LogP contribution >= 0.6 is 23.6 Å². The van der Waals surface area contributed by atoms with Crippen molar-refractivity contribution < 1.29 is 4.79 Å². The maximum atomic E-state index is 12.2. The van der Waals surface area contributed by atoms with E-state index in [2.05, 4.69) is 25.9 Å². The first-order chi connectivity index (χ1) is 13.5. The van der Waals surface area contributed by atoms with Gasteiger partial charge < -0.3 is 5.32 Å². The fourth-order valence-corrected chi connectivity index (χ4v) is 3.77. The molecule has 0 unspecified atom stereocenters. The molecule has 2 N–H and O–H groups in total. The minimum Gasteiger partial charge on any atom is -0.332 e. The van der Waals surface area contributed by atoms with Gasteiger partial charge in [-0.3, -0.25) is 10.1 Å². The molecule has 1 amide bonds. The molecule has 2 heterocycles. The van der Waals surface area contributed by atoms with Gasteiger partial charge in [-0.15, -0.1) is 10.2 Å². The quantitative estimate of drug-likeness (QED) is 0.504. The molecule has 0 aliphatic heterocycles. The van der Waals surface area contributed by atoms with Crippen molar-refractivity contribution in [2.75, 3.05) is 5.32 Å². The molecule has 4 rings (SSSR count). The summed E-state index contributed by atoms with van der Waals surface area (Å²) in [7, 11) is 0. The predicted octanol–water partition coefficient (Wildman–Crippen LogP) is 3.60. The highest BCUT2D eigenvalue weighted by Gasteiger charge is 2.12. The van der Waals surface area contributed by atoms with E-state index in [-0.39, 0.29) is 11.0 Å². The molecule has 28 heavy (non-hydrogen) atoms. The largest absolute Gasteiger partial charge is 0.332 e. The third kappa shape index (κ3) is 3.62. The van der Waals surface area contributed by atoms with Crippen molar-refractivity contribution in [3.63, 3.8) is 0 Å². The average Bonchev–Trinajstić information content (AvgIpc) is 3.26. The second-order valence-corrected chi connectivity index (χ2v) is 7.52. The van der Waals surface area contributed by atoms with Crippen LogP contribution in [0, 0.1) is 13.8 Å². The van der Waals surface area contributed by atoms with Crippen molar-refractivity contribution in [1.82, 2.24) is 25.1 Å². The zero-order chi connectivity index (χ0) is 19.7. The molecule has 7 nitrogen and oxygen atoms in total. The fourth-order valence-electron chi connectivity index (χ4n) is 2.69. The van der Waals surface area contributed by atoms with Crippen LogP contribution in [0.2, 0.25) is 0 Å². The Morgan fingerprint density at radius 2 is 1.89 bits per heavy atom. The van der Waals surface area contributed by atoms with Crippen molar-refractivity contribution in [2.24, 2.45) is 0 Å². The molecule has 0 bridgehead atoms. The van der Waals surface area contributed by atoms with Gasteiger partial charge in [-0.1, -0.05) is 29.5 Å². The molecule has 0 fully saturated rings. The molecular formula is C19H16N6OS2. The van der Waals surface area contributed by atoms with Crippen LogP contribution in [0.3, 0.4) is 0 Å². The Kier molecular flexibility index (Phi) is 4.84. The van der Waals surface area contributed by atoms with E-state index < -0.39 is 0 Å². The Bertz CT molecular complexity index is 1180. The second-order valence-electron chi connectivity index (χ2n) is 6.15. The van der Waals surface area contributed by atoms with E-state index >= 15 is 0 Å². The van der Waals surface area contributed by atoms with Crippen LogP contribution in [0.4, 0.5) is 5.69 Å². The van der Waals surface area contributed by atoms with Crippen LogP contribution in [0.15, 0.2) is 48.5 Å². The standard InChI is InChI=1S/C19H16N6OS2/c1-11-10-14(17-24-25-12(2)22-23-19(25)28-17)8-9-15(11)20-18(27)21-16(26)13-6-4-3-5-7-13/h3-10H,1-2H3,(H2,20,21,26,27). The van der Waals surface area contributed by atoms with Gasteiger partial charge in [0.25, 0.3) is 5.91 Å². The minimum atomic E-state index is -0.248. The van der Waals surface area contributed by atoms with Crippen molar-refractivity contribution in [3.8, 4) is 10.6 Å². The molecule has 9 heteroatoms. The molecule has 0 saturated heterocycles. The van der Waals surface area contributed by atoms with Gasteiger partial charge in [0.15, 0.2) is 10.9 Å². The number of carbonyl (C=O) groups excluding carboxylic acids is 1. The van der Waals surface area contributed by atoms with Crippen molar-refractivity contribution in [1.29, 1.82) is 0 Å². The number of aromatic nitrogens is 4. The number of amides is 1. The van der Waals surface area contributed by atoms with Crippen LogP contribution in [-0.4, -0.2) is 30.8 Å². The lowest BCUT2D eigenvalue weighted by Crippen LogP contribution is -2.34. The van der Waals surface area contributed by atoms with E-state index in [0.29, 0.717) is 5.56 Å². The van der Waals surface area contributed by atoms with Crippen LogP contribution in [-0.2, 0) is 0 Å². The van der Waals surface area contributed by atoms with Gasteiger partial charge in [0.2, 0.25) is 4.96 Å². The third-order valence-corrected chi connectivity index (χ3v) is 5.28.